The first-order valence-corrected chi connectivity index (χ1v) is 7.40. The molecule has 0 aromatic heterocycles. The Bertz CT molecular complexity index is 532. The first kappa shape index (κ1) is 13.2. The number of allylic oxidation sites excluding steroid dienone is 1. The zero-order chi connectivity index (χ0) is 13.9. The summed E-state index contributed by atoms with van der Waals surface area (Å²) in [6, 6.07) is 7.81. The highest BCUT2D eigenvalue weighted by atomic mass is 16.5. The first-order valence-electron chi connectivity index (χ1n) is 7.40. The average Bonchev–Trinajstić information content (AvgIpc) is 3.31. The number of para-hydroxylation sites is 1. The van der Waals surface area contributed by atoms with Crippen LogP contribution >= 0.6 is 0 Å². The molecule has 0 atom stereocenters. The van der Waals surface area contributed by atoms with E-state index in [0.29, 0.717) is 0 Å². The molecule has 1 aromatic rings. The van der Waals surface area contributed by atoms with Gasteiger partial charge in [-0.15, -0.1) is 0 Å². The fourth-order valence-corrected chi connectivity index (χ4v) is 2.74. The van der Waals surface area contributed by atoms with E-state index in [4.69, 9.17) is 4.74 Å². The van der Waals surface area contributed by atoms with E-state index in [1.54, 1.807) is 11.1 Å². The van der Waals surface area contributed by atoms with Gasteiger partial charge in [0.15, 0.2) is 6.61 Å². The fraction of sp³-hybridized carbons (Fsp3) is 0.471. The maximum atomic E-state index is 12.2. The lowest BCUT2D eigenvalue weighted by atomic mass is 10.0. The van der Waals surface area contributed by atoms with Gasteiger partial charge in [-0.25, -0.2) is 0 Å². The second-order valence-electron chi connectivity index (χ2n) is 5.64. The summed E-state index contributed by atoms with van der Waals surface area (Å²) in [7, 11) is 0. The van der Waals surface area contributed by atoms with Gasteiger partial charge in [0.05, 0.1) is 0 Å². The SMILES string of the molecule is Cc1ccccc1OCC(=O)N1CCC(=C2CC2)CC1. The average molecular weight is 271 g/mol. The second kappa shape index (κ2) is 5.70. The molecule has 20 heavy (non-hydrogen) atoms. The lowest BCUT2D eigenvalue weighted by Gasteiger charge is -2.28. The number of likely N-dealkylation sites (tertiary alicyclic amines) is 1. The summed E-state index contributed by atoms with van der Waals surface area (Å²) in [5.74, 6) is 0.909. The monoisotopic (exact) mass is 271 g/mol. The van der Waals surface area contributed by atoms with Crippen molar-refractivity contribution in [3.05, 3.63) is 41.0 Å². The van der Waals surface area contributed by atoms with Crippen LogP contribution in [0.25, 0.3) is 0 Å². The Hall–Kier alpha value is -1.77. The highest BCUT2D eigenvalue weighted by molar-refractivity contribution is 5.78. The van der Waals surface area contributed by atoms with Crippen molar-refractivity contribution in [3.8, 4) is 5.75 Å². The normalized spacial score (nSPS) is 18.1. The summed E-state index contributed by atoms with van der Waals surface area (Å²) >= 11 is 0. The third-order valence-electron chi connectivity index (χ3n) is 4.16. The van der Waals surface area contributed by atoms with Crippen molar-refractivity contribution in [1.82, 2.24) is 4.90 Å². The van der Waals surface area contributed by atoms with Gasteiger partial charge in [-0.3, -0.25) is 4.79 Å². The Kier molecular flexibility index (Phi) is 3.77. The van der Waals surface area contributed by atoms with E-state index in [9.17, 15) is 4.79 Å². The van der Waals surface area contributed by atoms with Crippen molar-refractivity contribution in [3.63, 3.8) is 0 Å². The molecule has 0 radical (unpaired) electrons. The molecule has 1 aromatic carbocycles. The van der Waals surface area contributed by atoms with Gasteiger partial charge in [0.25, 0.3) is 5.91 Å². The highest BCUT2D eigenvalue weighted by Gasteiger charge is 2.24. The summed E-state index contributed by atoms with van der Waals surface area (Å²) < 4.78 is 5.64. The van der Waals surface area contributed by atoms with Crippen LogP contribution in [0.15, 0.2) is 35.4 Å². The van der Waals surface area contributed by atoms with Crippen LogP contribution in [-0.4, -0.2) is 30.5 Å². The third-order valence-corrected chi connectivity index (χ3v) is 4.16. The second-order valence-corrected chi connectivity index (χ2v) is 5.64. The Labute approximate surface area is 120 Å². The fourth-order valence-electron chi connectivity index (χ4n) is 2.74. The number of piperidine rings is 1. The van der Waals surface area contributed by atoms with E-state index in [0.717, 1.165) is 37.2 Å². The topological polar surface area (TPSA) is 29.5 Å². The molecule has 0 bridgehead atoms. The van der Waals surface area contributed by atoms with Gasteiger partial charge in [-0.05, 0) is 44.2 Å². The number of hydrogen-bond donors (Lipinski definition) is 0. The molecule has 0 spiro atoms. The standard InChI is InChI=1S/C17H21NO2/c1-13-4-2-3-5-16(13)20-12-17(19)18-10-8-15(9-11-18)14-6-7-14/h2-5H,6-12H2,1H3. The summed E-state index contributed by atoms with van der Waals surface area (Å²) in [6.07, 6.45) is 4.70. The van der Waals surface area contributed by atoms with Gasteiger partial charge in [-0.2, -0.15) is 0 Å². The predicted molar refractivity (Wildman–Crippen MR) is 78.7 cm³/mol. The van der Waals surface area contributed by atoms with Crippen LogP contribution in [0.1, 0.15) is 31.2 Å². The molecule has 1 amide bonds. The van der Waals surface area contributed by atoms with Crippen LogP contribution < -0.4 is 4.74 Å². The number of ether oxygens (including phenoxy) is 1. The van der Waals surface area contributed by atoms with Gasteiger partial charge in [0, 0.05) is 13.1 Å². The predicted octanol–water partition coefficient (Wildman–Crippen LogP) is 3.09. The van der Waals surface area contributed by atoms with Crippen LogP contribution in [0.3, 0.4) is 0 Å². The number of rotatable bonds is 3. The van der Waals surface area contributed by atoms with Crippen molar-refractivity contribution < 1.29 is 9.53 Å². The molecule has 106 valence electrons. The summed E-state index contributed by atoms with van der Waals surface area (Å²) in [6.45, 7) is 3.86. The van der Waals surface area contributed by atoms with E-state index >= 15 is 0 Å². The minimum atomic E-state index is 0.105. The van der Waals surface area contributed by atoms with Crippen LogP contribution in [-0.2, 0) is 4.79 Å². The molecule has 1 saturated heterocycles. The number of aryl methyl sites for hydroxylation is 1. The summed E-state index contributed by atoms with van der Waals surface area (Å²) in [5.41, 5.74) is 4.32. The van der Waals surface area contributed by atoms with Crippen LogP contribution in [0, 0.1) is 6.92 Å². The minimum Gasteiger partial charge on any atom is -0.484 e. The number of benzene rings is 1. The molecule has 1 saturated carbocycles. The first-order chi connectivity index (χ1) is 9.74. The summed E-state index contributed by atoms with van der Waals surface area (Å²) in [5, 5.41) is 0. The van der Waals surface area contributed by atoms with Gasteiger partial charge in [-0.1, -0.05) is 29.3 Å². The van der Waals surface area contributed by atoms with Crippen LogP contribution in [0.4, 0.5) is 0 Å². The highest BCUT2D eigenvalue weighted by Crippen LogP contribution is 2.36. The minimum absolute atomic E-state index is 0.105. The number of nitrogens with zero attached hydrogens (tertiary/aromatic N) is 1. The Morgan fingerprint density at radius 3 is 2.40 bits per heavy atom. The van der Waals surface area contributed by atoms with E-state index < -0.39 is 0 Å². The molecule has 1 aliphatic carbocycles. The molecule has 1 heterocycles. The van der Waals surface area contributed by atoms with Gasteiger partial charge in [0.1, 0.15) is 5.75 Å². The van der Waals surface area contributed by atoms with E-state index in [2.05, 4.69) is 0 Å². The van der Waals surface area contributed by atoms with Gasteiger partial charge < -0.3 is 9.64 Å². The smallest absolute Gasteiger partial charge is 0.260 e. The molecule has 3 nitrogen and oxygen atoms in total. The van der Waals surface area contributed by atoms with Crippen molar-refractivity contribution in [2.24, 2.45) is 0 Å². The molecule has 0 N–H and O–H groups in total. The number of hydrogen-bond acceptors (Lipinski definition) is 2. The molecular weight excluding hydrogens is 250 g/mol. The van der Waals surface area contributed by atoms with Crippen LogP contribution in [0.2, 0.25) is 0 Å². The maximum absolute atomic E-state index is 12.2. The molecule has 3 rings (SSSR count). The van der Waals surface area contributed by atoms with Crippen molar-refractivity contribution in [2.75, 3.05) is 19.7 Å². The quantitative estimate of drug-likeness (QED) is 0.791. The largest absolute Gasteiger partial charge is 0.484 e. The molecule has 1 aliphatic heterocycles. The lowest BCUT2D eigenvalue weighted by molar-refractivity contribution is -0.133. The summed E-state index contributed by atoms with van der Waals surface area (Å²) in [4.78, 5) is 14.1. The zero-order valence-corrected chi connectivity index (χ0v) is 12.0. The Morgan fingerprint density at radius 1 is 1.10 bits per heavy atom. The molecule has 2 fully saturated rings. The Balaban J connectivity index is 1.50. The lowest BCUT2D eigenvalue weighted by Crippen LogP contribution is -2.39. The molecular formula is C17H21NO2. The molecule has 0 unspecified atom stereocenters. The maximum Gasteiger partial charge on any atom is 0.260 e. The van der Waals surface area contributed by atoms with E-state index in [1.807, 2.05) is 36.1 Å². The van der Waals surface area contributed by atoms with Gasteiger partial charge >= 0.3 is 0 Å². The van der Waals surface area contributed by atoms with Crippen LogP contribution in [0.5, 0.6) is 5.75 Å². The molecule has 3 heteroatoms. The van der Waals surface area contributed by atoms with Crippen molar-refractivity contribution in [1.29, 1.82) is 0 Å². The van der Waals surface area contributed by atoms with Gasteiger partial charge in [0.2, 0.25) is 0 Å². The number of carbonyl (C=O) groups is 1. The molecule has 2 aliphatic rings. The number of amides is 1. The van der Waals surface area contributed by atoms with E-state index in [1.165, 1.54) is 12.8 Å². The van der Waals surface area contributed by atoms with Crippen molar-refractivity contribution in [2.45, 2.75) is 32.6 Å². The van der Waals surface area contributed by atoms with E-state index in [-0.39, 0.29) is 12.5 Å². The Morgan fingerprint density at radius 2 is 1.75 bits per heavy atom. The third kappa shape index (κ3) is 3.03. The number of carbonyl (C=O) groups excluding carboxylic acids is 1. The van der Waals surface area contributed by atoms with Crippen molar-refractivity contribution >= 4 is 5.91 Å². The zero-order valence-electron chi connectivity index (χ0n) is 12.0.